The topological polar surface area (TPSA) is 194 Å². The molecular formula is C43H49F3N8O7. The third kappa shape index (κ3) is 10.0. The van der Waals surface area contributed by atoms with E-state index >= 15 is 0 Å². The fourth-order valence-corrected chi connectivity index (χ4v) is 7.42. The van der Waals surface area contributed by atoms with Crippen LogP contribution in [0.2, 0.25) is 0 Å². The number of amides is 6. The summed E-state index contributed by atoms with van der Waals surface area (Å²) < 4.78 is 47.2. The molecule has 324 valence electrons. The van der Waals surface area contributed by atoms with Crippen LogP contribution in [0.4, 0.5) is 24.5 Å². The fourth-order valence-electron chi connectivity index (χ4n) is 7.42. The predicted octanol–water partition coefficient (Wildman–Crippen LogP) is 6.18. The number of piperidine rings is 1. The Morgan fingerprint density at radius 1 is 0.918 bits per heavy atom. The van der Waals surface area contributed by atoms with E-state index < -0.39 is 58.6 Å². The van der Waals surface area contributed by atoms with Crippen molar-refractivity contribution < 1.29 is 46.7 Å². The quantitative estimate of drug-likeness (QED) is 0.0664. The van der Waals surface area contributed by atoms with E-state index in [4.69, 9.17) is 9.72 Å². The number of ether oxygens (including phenoxy) is 1. The molecule has 1 saturated heterocycles. The Kier molecular flexibility index (Phi) is 13.4. The number of unbranched alkanes of at least 4 members (excludes halogenated alkanes) is 4. The third-order valence-electron chi connectivity index (χ3n) is 10.9. The number of nitrogens with zero attached hydrogens (tertiary/aromatic N) is 4. The maximum Gasteiger partial charge on any atom is 0.433 e. The molecule has 15 nitrogen and oxygen atoms in total. The van der Waals surface area contributed by atoms with Crippen molar-refractivity contribution in [1.29, 1.82) is 0 Å². The number of carbonyl (C=O) groups excluding carboxylic acids is 6. The zero-order chi connectivity index (χ0) is 44.1. The van der Waals surface area contributed by atoms with Gasteiger partial charge in [-0.25, -0.2) is 9.97 Å². The van der Waals surface area contributed by atoms with E-state index in [9.17, 15) is 41.9 Å². The molecule has 2 aliphatic heterocycles. The first kappa shape index (κ1) is 44.2. The van der Waals surface area contributed by atoms with E-state index in [-0.39, 0.29) is 42.2 Å². The smallest absolute Gasteiger partial charge is 0.433 e. The van der Waals surface area contributed by atoms with E-state index in [0.29, 0.717) is 54.2 Å². The first-order chi connectivity index (χ1) is 29.0. The minimum Gasteiger partial charge on any atom is -0.492 e. The molecule has 2 aliphatic rings. The number of nitrogens with one attached hydrogen (secondary N) is 4. The lowest BCUT2D eigenvalue weighted by atomic mass is 9.86. The Bertz CT molecular complexity index is 2360. The molecule has 4 N–H and O–H groups in total. The number of imidazole rings is 1. The Morgan fingerprint density at radius 2 is 1.64 bits per heavy atom. The van der Waals surface area contributed by atoms with Crippen molar-refractivity contribution in [3.63, 3.8) is 0 Å². The van der Waals surface area contributed by atoms with Gasteiger partial charge in [0.1, 0.15) is 29.0 Å². The van der Waals surface area contributed by atoms with Crippen molar-refractivity contribution in [2.75, 3.05) is 30.3 Å². The number of carbonyl (C=O) groups is 6. The Labute approximate surface area is 350 Å². The highest BCUT2D eigenvalue weighted by Gasteiger charge is 2.45. The summed E-state index contributed by atoms with van der Waals surface area (Å²) in [5.41, 5.74) is 0.186. The molecule has 0 spiro atoms. The molecule has 0 radical (unpaired) electrons. The van der Waals surface area contributed by atoms with Gasteiger partial charge in [-0.15, -0.1) is 0 Å². The number of hydrogen-bond donors (Lipinski definition) is 4. The Balaban J connectivity index is 0.933. The highest BCUT2D eigenvalue weighted by Crippen LogP contribution is 2.34. The molecular weight excluding hydrogens is 798 g/mol. The van der Waals surface area contributed by atoms with Crippen LogP contribution in [0.5, 0.6) is 5.75 Å². The van der Waals surface area contributed by atoms with Crippen LogP contribution in [0.3, 0.4) is 0 Å². The van der Waals surface area contributed by atoms with Gasteiger partial charge in [-0.2, -0.15) is 13.2 Å². The van der Waals surface area contributed by atoms with Crippen molar-refractivity contribution in [2.24, 2.45) is 12.5 Å². The molecule has 18 heteroatoms. The van der Waals surface area contributed by atoms with Crippen molar-refractivity contribution in [2.45, 2.75) is 90.8 Å². The van der Waals surface area contributed by atoms with E-state index in [2.05, 4.69) is 26.3 Å². The molecule has 6 amide bonds. The van der Waals surface area contributed by atoms with Crippen LogP contribution in [0.15, 0.2) is 48.5 Å². The maximum absolute atomic E-state index is 13.3. The van der Waals surface area contributed by atoms with Gasteiger partial charge >= 0.3 is 6.18 Å². The van der Waals surface area contributed by atoms with Gasteiger partial charge in [-0.3, -0.25) is 39.0 Å². The number of anilines is 2. The maximum atomic E-state index is 13.3. The normalized spacial score (nSPS) is 15.5. The molecule has 6 rings (SSSR count). The summed E-state index contributed by atoms with van der Waals surface area (Å²) in [5, 5.41) is 11.2. The fraction of sp³-hybridized carbons (Fsp3) is 0.442. The Morgan fingerprint density at radius 3 is 2.36 bits per heavy atom. The predicted molar refractivity (Wildman–Crippen MR) is 219 cm³/mol. The lowest BCUT2D eigenvalue weighted by Crippen LogP contribution is -2.54. The second kappa shape index (κ2) is 18.5. The SMILES string of the molecule is CCOc1cc2nc(CCC(C)(C)C(=O)NCCCCCCCNc3cccc4c3C(=O)N(C3CCC(=O)NC3=O)C4=O)n(C)c2cc1NC(=O)c1cccc(C(F)(F)F)n1. The van der Waals surface area contributed by atoms with Crippen LogP contribution in [-0.4, -0.2) is 80.6 Å². The number of aromatic nitrogens is 3. The van der Waals surface area contributed by atoms with Crippen molar-refractivity contribution in [3.8, 4) is 5.75 Å². The molecule has 1 atom stereocenters. The minimum absolute atomic E-state index is 0.0532. The molecule has 1 fully saturated rings. The molecule has 4 heterocycles. The van der Waals surface area contributed by atoms with Crippen LogP contribution < -0.4 is 26.0 Å². The molecule has 0 saturated carbocycles. The molecule has 2 aromatic heterocycles. The number of imide groups is 2. The zero-order valence-corrected chi connectivity index (χ0v) is 34.5. The lowest BCUT2D eigenvalue weighted by Gasteiger charge is -2.27. The summed E-state index contributed by atoms with van der Waals surface area (Å²) in [6.45, 7) is 6.86. The summed E-state index contributed by atoms with van der Waals surface area (Å²) in [5.74, 6) is -2.09. The number of aryl methyl sites for hydroxylation is 2. The highest BCUT2D eigenvalue weighted by molar-refractivity contribution is 6.25. The lowest BCUT2D eigenvalue weighted by molar-refractivity contribution is -0.141. The van der Waals surface area contributed by atoms with Crippen LogP contribution in [0.1, 0.15) is 115 Å². The zero-order valence-electron chi connectivity index (χ0n) is 34.5. The number of alkyl halides is 3. The second-order valence-electron chi connectivity index (χ2n) is 15.7. The average molecular weight is 847 g/mol. The van der Waals surface area contributed by atoms with E-state index in [1.54, 1.807) is 37.3 Å². The van der Waals surface area contributed by atoms with E-state index in [1.165, 1.54) is 6.07 Å². The first-order valence-electron chi connectivity index (χ1n) is 20.3. The van der Waals surface area contributed by atoms with Gasteiger partial charge in [0.25, 0.3) is 17.7 Å². The van der Waals surface area contributed by atoms with E-state index in [0.717, 1.165) is 49.1 Å². The number of benzene rings is 2. The van der Waals surface area contributed by atoms with Gasteiger partial charge in [0, 0.05) is 50.1 Å². The number of halogens is 3. The van der Waals surface area contributed by atoms with E-state index in [1.807, 2.05) is 25.5 Å². The van der Waals surface area contributed by atoms with Crippen LogP contribution in [0.25, 0.3) is 11.0 Å². The van der Waals surface area contributed by atoms with Gasteiger partial charge in [0.2, 0.25) is 17.7 Å². The van der Waals surface area contributed by atoms with Crippen LogP contribution in [-0.2, 0) is 34.0 Å². The standard InChI is InChI=1S/C43H49F3N8O7/c1-5-61-32-24-28-31(23-29(32)51-37(56)27-15-12-16-33(49-27)43(44,45)46)53(4)34(50-28)19-20-42(2,3)41(60)48-22-10-8-6-7-9-21-47-26-14-11-13-25-36(26)40(59)54(39(25)58)30-17-18-35(55)52-38(30)57/h11-16,23-24,30,47H,5-10,17-22H2,1-4H3,(H,48,60)(H,51,56)(H,52,55,57). The van der Waals surface area contributed by atoms with Gasteiger partial charge in [-0.1, -0.05) is 45.2 Å². The number of pyridine rings is 1. The van der Waals surface area contributed by atoms with Gasteiger partial charge in [0.05, 0.1) is 34.5 Å². The molecule has 61 heavy (non-hydrogen) atoms. The molecule has 2 aromatic carbocycles. The van der Waals surface area contributed by atoms with Crippen LogP contribution in [0, 0.1) is 5.41 Å². The van der Waals surface area contributed by atoms with Gasteiger partial charge in [0.15, 0.2) is 0 Å². The monoisotopic (exact) mass is 846 g/mol. The number of hydrogen-bond acceptors (Lipinski definition) is 10. The molecule has 0 aliphatic carbocycles. The Hall–Kier alpha value is -6.33. The number of rotatable bonds is 18. The summed E-state index contributed by atoms with van der Waals surface area (Å²) >= 11 is 0. The summed E-state index contributed by atoms with van der Waals surface area (Å²) in [4.78, 5) is 85.8. The third-order valence-corrected chi connectivity index (χ3v) is 10.9. The van der Waals surface area contributed by atoms with Gasteiger partial charge in [-0.05, 0) is 62.9 Å². The molecule has 4 aromatic rings. The minimum atomic E-state index is -4.70. The summed E-state index contributed by atoms with van der Waals surface area (Å²) in [6, 6.07) is 10.4. The number of fused-ring (bicyclic) bond motifs is 2. The largest absolute Gasteiger partial charge is 0.492 e. The molecule has 1 unspecified atom stereocenters. The van der Waals surface area contributed by atoms with Crippen molar-refractivity contribution >= 4 is 57.9 Å². The van der Waals surface area contributed by atoms with Crippen molar-refractivity contribution in [3.05, 3.63) is 76.9 Å². The second-order valence-corrected chi connectivity index (χ2v) is 15.7. The first-order valence-corrected chi connectivity index (χ1v) is 20.3. The van der Waals surface area contributed by atoms with Gasteiger partial charge < -0.3 is 25.3 Å². The molecule has 0 bridgehead atoms. The summed E-state index contributed by atoms with van der Waals surface area (Å²) in [6.07, 6.45) is 0.742. The average Bonchev–Trinajstić information content (AvgIpc) is 3.66. The van der Waals surface area contributed by atoms with Crippen LogP contribution >= 0.6 is 0 Å². The highest BCUT2D eigenvalue weighted by atomic mass is 19.4. The van der Waals surface area contributed by atoms with Crippen molar-refractivity contribution in [1.82, 2.24) is 30.1 Å². The summed E-state index contributed by atoms with van der Waals surface area (Å²) in [7, 11) is 1.81.